The maximum atomic E-state index is 10.6. The summed E-state index contributed by atoms with van der Waals surface area (Å²) in [5.74, 6) is 0. The zero-order valence-electron chi connectivity index (χ0n) is 7.00. The first-order chi connectivity index (χ1) is 5.86. The van der Waals surface area contributed by atoms with Gasteiger partial charge in [0, 0.05) is 25.2 Å². The monoisotopic (exact) mass is 165 g/mol. The van der Waals surface area contributed by atoms with E-state index >= 15 is 0 Å². The summed E-state index contributed by atoms with van der Waals surface area (Å²) >= 11 is 0. The average molecular weight is 165 g/mol. The smallest absolute Gasteiger partial charge is 0.170 e. The van der Waals surface area contributed by atoms with Gasteiger partial charge in [0.15, 0.2) is 6.29 Å². The number of hydrogen-bond donors (Lipinski definition) is 1. The number of hydrogen-bond acceptors (Lipinski definition) is 3. The number of carbonyl (C=O) groups excluding carboxylic acids is 1. The van der Waals surface area contributed by atoms with Crippen LogP contribution < -0.4 is 5.32 Å². The van der Waals surface area contributed by atoms with E-state index in [0.29, 0.717) is 5.69 Å². The third kappa shape index (κ3) is 0.881. The molecule has 1 aliphatic heterocycles. The van der Waals surface area contributed by atoms with Crippen LogP contribution in [0.1, 0.15) is 28.7 Å². The lowest BCUT2D eigenvalue weighted by Gasteiger charge is -1.98. The average Bonchev–Trinajstić information content (AvgIpc) is 2.63. The number of aromatic nitrogens is 2. The van der Waals surface area contributed by atoms with Crippen molar-refractivity contribution in [3.05, 3.63) is 17.0 Å². The Morgan fingerprint density at radius 1 is 1.67 bits per heavy atom. The molecule has 1 aromatic rings. The number of aldehydes is 1. The molecule has 0 amide bonds. The van der Waals surface area contributed by atoms with Crippen LogP contribution in [-0.4, -0.2) is 16.1 Å². The van der Waals surface area contributed by atoms with E-state index in [1.807, 2.05) is 11.6 Å². The summed E-state index contributed by atoms with van der Waals surface area (Å²) < 4.78 is 1.89. The number of fused-ring (bicyclic) bond motifs is 1. The van der Waals surface area contributed by atoms with Gasteiger partial charge in [-0.15, -0.1) is 0 Å². The van der Waals surface area contributed by atoms with Crippen molar-refractivity contribution in [3.8, 4) is 0 Å². The van der Waals surface area contributed by atoms with E-state index in [4.69, 9.17) is 0 Å². The third-order valence-corrected chi connectivity index (χ3v) is 2.20. The van der Waals surface area contributed by atoms with E-state index < -0.39 is 0 Å². The molecule has 4 nitrogen and oxygen atoms in total. The Labute approximate surface area is 70.6 Å². The molecule has 64 valence electrons. The molecule has 12 heavy (non-hydrogen) atoms. The van der Waals surface area contributed by atoms with Crippen LogP contribution in [0.15, 0.2) is 0 Å². The molecule has 2 heterocycles. The molecule has 1 aromatic heterocycles. The summed E-state index contributed by atoms with van der Waals surface area (Å²) in [6.07, 6.45) is 0.831. The van der Waals surface area contributed by atoms with Crippen molar-refractivity contribution < 1.29 is 4.79 Å². The lowest BCUT2D eigenvalue weighted by Crippen LogP contribution is -2.08. The zero-order chi connectivity index (χ0) is 8.55. The van der Waals surface area contributed by atoms with Gasteiger partial charge in [0.25, 0.3) is 0 Å². The van der Waals surface area contributed by atoms with Gasteiger partial charge in [0.1, 0.15) is 5.69 Å². The summed E-state index contributed by atoms with van der Waals surface area (Å²) in [6, 6.07) is 0. The Morgan fingerprint density at radius 3 is 3.17 bits per heavy atom. The summed E-state index contributed by atoms with van der Waals surface area (Å²) in [5.41, 5.74) is 2.84. The van der Waals surface area contributed by atoms with Crippen molar-refractivity contribution in [1.82, 2.24) is 15.1 Å². The topological polar surface area (TPSA) is 46.9 Å². The second-order valence-corrected chi connectivity index (χ2v) is 2.85. The zero-order valence-corrected chi connectivity index (χ0v) is 7.00. The summed E-state index contributed by atoms with van der Waals surface area (Å²) in [7, 11) is 0. The Hall–Kier alpha value is -1.16. The lowest BCUT2D eigenvalue weighted by molar-refractivity contribution is 0.111. The summed E-state index contributed by atoms with van der Waals surface area (Å²) in [5, 5.41) is 7.37. The van der Waals surface area contributed by atoms with E-state index in [0.717, 1.165) is 31.5 Å². The standard InChI is InChI=1S/C8H11N3O/c1-2-11-8-4-9-3-6(8)7(5-12)10-11/h5,9H,2-4H2,1H3. The van der Waals surface area contributed by atoms with Crippen LogP contribution in [0, 0.1) is 0 Å². The predicted octanol–water partition coefficient (Wildman–Crippen LogP) is 0.319. The molecule has 0 saturated heterocycles. The molecular formula is C8H11N3O. The highest BCUT2D eigenvalue weighted by atomic mass is 16.1. The van der Waals surface area contributed by atoms with Crippen molar-refractivity contribution in [2.75, 3.05) is 0 Å². The number of aryl methyl sites for hydroxylation is 1. The van der Waals surface area contributed by atoms with Gasteiger partial charge in [-0.25, -0.2) is 0 Å². The van der Waals surface area contributed by atoms with Gasteiger partial charge in [0.2, 0.25) is 0 Å². The van der Waals surface area contributed by atoms with Crippen molar-refractivity contribution in [2.45, 2.75) is 26.6 Å². The van der Waals surface area contributed by atoms with E-state index in [9.17, 15) is 4.79 Å². The van der Waals surface area contributed by atoms with Crippen molar-refractivity contribution in [2.24, 2.45) is 0 Å². The second kappa shape index (κ2) is 2.71. The van der Waals surface area contributed by atoms with Gasteiger partial charge in [-0.2, -0.15) is 5.10 Å². The molecule has 0 spiro atoms. The maximum absolute atomic E-state index is 10.6. The molecule has 0 atom stereocenters. The van der Waals surface area contributed by atoms with E-state index in [2.05, 4.69) is 10.4 Å². The lowest BCUT2D eigenvalue weighted by atomic mass is 10.2. The number of rotatable bonds is 2. The Kier molecular flexibility index (Phi) is 1.69. The molecule has 0 radical (unpaired) electrons. The minimum atomic E-state index is 0.594. The van der Waals surface area contributed by atoms with Crippen LogP contribution in [0.5, 0.6) is 0 Å². The van der Waals surface area contributed by atoms with Crippen LogP contribution in [0.3, 0.4) is 0 Å². The largest absolute Gasteiger partial charge is 0.307 e. The fourth-order valence-electron chi connectivity index (χ4n) is 1.61. The predicted molar refractivity (Wildman–Crippen MR) is 43.8 cm³/mol. The van der Waals surface area contributed by atoms with Crippen LogP contribution in [-0.2, 0) is 19.6 Å². The molecule has 1 N–H and O–H groups in total. The van der Waals surface area contributed by atoms with Gasteiger partial charge in [-0.3, -0.25) is 9.48 Å². The van der Waals surface area contributed by atoms with E-state index in [1.165, 1.54) is 5.69 Å². The fraction of sp³-hybridized carbons (Fsp3) is 0.500. The number of nitrogens with zero attached hydrogens (tertiary/aromatic N) is 2. The first kappa shape index (κ1) is 7.49. The van der Waals surface area contributed by atoms with Crippen molar-refractivity contribution in [3.63, 3.8) is 0 Å². The molecule has 2 rings (SSSR count). The van der Waals surface area contributed by atoms with Gasteiger partial charge in [-0.05, 0) is 6.92 Å². The van der Waals surface area contributed by atoms with Crippen molar-refractivity contribution >= 4 is 6.29 Å². The van der Waals surface area contributed by atoms with Gasteiger partial charge < -0.3 is 5.32 Å². The maximum Gasteiger partial charge on any atom is 0.170 e. The quantitative estimate of drug-likeness (QED) is 0.642. The Bertz CT molecular complexity index is 316. The third-order valence-electron chi connectivity index (χ3n) is 2.20. The van der Waals surface area contributed by atoms with Gasteiger partial charge in [-0.1, -0.05) is 0 Å². The SMILES string of the molecule is CCn1nc(C=O)c2c1CNC2. The molecule has 0 bridgehead atoms. The van der Waals surface area contributed by atoms with Gasteiger partial charge >= 0.3 is 0 Å². The Morgan fingerprint density at radius 2 is 2.50 bits per heavy atom. The molecule has 0 saturated carbocycles. The highest BCUT2D eigenvalue weighted by Gasteiger charge is 2.20. The fourth-order valence-corrected chi connectivity index (χ4v) is 1.61. The van der Waals surface area contributed by atoms with Crippen LogP contribution >= 0.6 is 0 Å². The van der Waals surface area contributed by atoms with Crippen LogP contribution in [0.2, 0.25) is 0 Å². The number of carbonyl (C=O) groups is 1. The summed E-state index contributed by atoms with van der Waals surface area (Å²) in [6.45, 7) is 4.48. The normalized spacial score (nSPS) is 14.8. The highest BCUT2D eigenvalue weighted by molar-refractivity contribution is 5.75. The minimum absolute atomic E-state index is 0.594. The first-order valence-electron chi connectivity index (χ1n) is 4.11. The molecule has 0 aromatic carbocycles. The molecule has 0 aliphatic carbocycles. The van der Waals surface area contributed by atoms with Crippen molar-refractivity contribution in [1.29, 1.82) is 0 Å². The molecular weight excluding hydrogens is 154 g/mol. The van der Waals surface area contributed by atoms with E-state index in [1.54, 1.807) is 0 Å². The van der Waals surface area contributed by atoms with Crippen LogP contribution in [0.25, 0.3) is 0 Å². The van der Waals surface area contributed by atoms with Crippen LogP contribution in [0.4, 0.5) is 0 Å². The molecule has 0 unspecified atom stereocenters. The van der Waals surface area contributed by atoms with E-state index in [-0.39, 0.29) is 0 Å². The first-order valence-corrected chi connectivity index (χ1v) is 4.11. The van der Waals surface area contributed by atoms with Gasteiger partial charge in [0.05, 0.1) is 5.69 Å². The number of nitrogens with one attached hydrogen (secondary N) is 1. The highest BCUT2D eigenvalue weighted by Crippen LogP contribution is 2.17. The Balaban J connectivity index is 2.54. The molecule has 4 heteroatoms. The minimum Gasteiger partial charge on any atom is -0.307 e. The second-order valence-electron chi connectivity index (χ2n) is 2.85. The molecule has 0 fully saturated rings. The molecule has 1 aliphatic rings. The summed E-state index contributed by atoms with van der Waals surface area (Å²) in [4.78, 5) is 10.6.